The number of carbonyl (C=O) groups is 2. The van der Waals surface area contributed by atoms with E-state index in [2.05, 4.69) is 4.90 Å². The van der Waals surface area contributed by atoms with E-state index in [9.17, 15) is 8.42 Å². The van der Waals surface area contributed by atoms with Gasteiger partial charge in [0.1, 0.15) is 5.75 Å². The van der Waals surface area contributed by atoms with Crippen molar-refractivity contribution in [3.05, 3.63) is 24.3 Å². The van der Waals surface area contributed by atoms with Gasteiger partial charge in [-0.3, -0.25) is 4.90 Å². The van der Waals surface area contributed by atoms with Gasteiger partial charge < -0.3 is 14.9 Å². The van der Waals surface area contributed by atoms with E-state index in [1.165, 1.54) is 38.5 Å². The first kappa shape index (κ1) is 24.1. The average molecular weight is 443 g/mol. The number of carboxylic acids is 2. The number of aliphatic carboxylic acids is 2. The van der Waals surface area contributed by atoms with Gasteiger partial charge in [-0.2, -0.15) is 4.31 Å². The summed E-state index contributed by atoms with van der Waals surface area (Å²) in [4.78, 5) is 21.1. The summed E-state index contributed by atoms with van der Waals surface area (Å²) in [6.45, 7) is 2.87. The molecular weight excluding hydrogens is 412 g/mol. The summed E-state index contributed by atoms with van der Waals surface area (Å²) in [7, 11) is -1.82. The average Bonchev–Trinajstić information content (AvgIpc) is 3.04. The highest BCUT2D eigenvalue weighted by Crippen LogP contribution is 2.25. The second-order valence-corrected chi connectivity index (χ2v) is 9.31. The molecule has 30 heavy (non-hydrogen) atoms. The van der Waals surface area contributed by atoms with Crippen molar-refractivity contribution in [2.75, 3.05) is 33.3 Å². The molecule has 168 valence electrons. The highest BCUT2D eigenvalue weighted by Gasteiger charge is 2.31. The second-order valence-electron chi connectivity index (χ2n) is 7.37. The van der Waals surface area contributed by atoms with Gasteiger partial charge >= 0.3 is 11.9 Å². The number of hydrogen-bond acceptors (Lipinski definition) is 6. The van der Waals surface area contributed by atoms with E-state index in [1.807, 2.05) is 0 Å². The normalized spacial score (nSPS) is 19.2. The first-order valence-corrected chi connectivity index (χ1v) is 11.5. The fourth-order valence-corrected chi connectivity index (χ4v) is 5.25. The van der Waals surface area contributed by atoms with Crippen molar-refractivity contribution >= 4 is 22.0 Å². The molecule has 0 spiro atoms. The van der Waals surface area contributed by atoms with Crippen LogP contribution in [-0.2, 0) is 19.6 Å². The number of rotatable bonds is 4. The van der Waals surface area contributed by atoms with E-state index in [4.69, 9.17) is 24.5 Å². The Morgan fingerprint density at radius 3 is 1.83 bits per heavy atom. The van der Waals surface area contributed by atoms with E-state index in [1.54, 1.807) is 35.7 Å². The van der Waals surface area contributed by atoms with Gasteiger partial charge in [0.05, 0.1) is 12.0 Å². The van der Waals surface area contributed by atoms with Crippen LogP contribution >= 0.6 is 0 Å². The molecule has 0 bridgehead atoms. The Bertz CT molecular complexity index is 783. The number of benzene rings is 1. The summed E-state index contributed by atoms with van der Waals surface area (Å²) in [6, 6.07) is 7.32. The van der Waals surface area contributed by atoms with Crippen molar-refractivity contribution in [1.29, 1.82) is 0 Å². The van der Waals surface area contributed by atoms with Crippen molar-refractivity contribution in [2.24, 2.45) is 0 Å². The molecule has 2 aliphatic rings. The molecule has 1 heterocycles. The number of sulfonamides is 1. The standard InChI is InChI=1S/C18H28N2O3S.C2H2O4/c1-23-17-8-10-18(11-9-17)24(21,22)20-14-12-19(13-15-20)16-6-4-2-3-5-7-16;3-1(4)2(5)6/h8-11,16H,2-7,12-15H2,1H3;(H,3,4)(H,5,6). The van der Waals surface area contributed by atoms with Gasteiger partial charge in [-0.05, 0) is 37.1 Å². The molecule has 1 aromatic carbocycles. The highest BCUT2D eigenvalue weighted by molar-refractivity contribution is 7.89. The zero-order valence-electron chi connectivity index (χ0n) is 17.2. The second kappa shape index (κ2) is 11.3. The minimum Gasteiger partial charge on any atom is -0.497 e. The lowest BCUT2D eigenvalue weighted by molar-refractivity contribution is -0.159. The summed E-state index contributed by atoms with van der Waals surface area (Å²) in [5.74, 6) is -2.97. The van der Waals surface area contributed by atoms with E-state index in [0.29, 0.717) is 29.8 Å². The number of carboxylic acid groups (broad SMARTS) is 2. The Kier molecular flexibility index (Phi) is 9.07. The minimum atomic E-state index is -3.40. The zero-order valence-corrected chi connectivity index (χ0v) is 18.0. The zero-order chi connectivity index (χ0) is 22.1. The molecule has 2 fully saturated rings. The maximum atomic E-state index is 12.8. The fraction of sp³-hybridized carbons (Fsp3) is 0.600. The van der Waals surface area contributed by atoms with Crippen molar-refractivity contribution < 1.29 is 33.0 Å². The summed E-state index contributed by atoms with van der Waals surface area (Å²) in [5.41, 5.74) is 0. The number of nitrogens with zero attached hydrogens (tertiary/aromatic N) is 2. The number of hydrogen-bond donors (Lipinski definition) is 2. The van der Waals surface area contributed by atoms with Crippen LogP contribution in [-0.4, -0.2) is 79.1 Å². The summed E-state index contributed by atoms with van der Waals surface area (Å²) >= 11 is 0. The van der Waals surface area contributed by atoms with Gasteiger partial charge in [0, 0.05) is 32.2 Å². The van der Waals surface area contributed by atoms with Gasteiger partial charge in [0.15, 0.2) is 0 Å². The lowest BCUT2D eigenvalue weighted by Gasteiger charge is -2.38. The Balaban J connectivity index is 0.000000469. The van der Waals surface area contributed by atoms with Gasteiger partial charge in [0.25, 0.3) is 0 Å². The molecule has 3 rings (SSSR count). The molecule has 0 unspecified atom stereocenters. The fourth-order valence-electron chi connectivity index (χ4n) is 3.83. The Morgan fingerprint density at radius 1 is 0.900 bits per heavy atom. The van der Waals surface area contributed by atoms with Gasteiger partial charge in [0.2, 0.25) is 10.0 Å². The van der Waals surface area contributed by atoms with Crippen LogP contribution in [0.4, 0.5) is 0 Å². The third-order valence-corrected chi connectivity index (χ3v) is 7.41. The molecule has 1 aromatic rings. The largest absolute Gasteiger partial charge is 0.497 e. The molecule has 1 saturated carbocycles. The van der Waals surface area contributed by atoms with Crippen LogP contribution in [0, 0.1) is 0 Å². The number of ether oxygens (including phenoxy) is 1. The maximum Gasteiger partial charge on any atom is 0.414 e. The van der Waals surface area contributed by atoms with Crippen molar-refractivity contribution in [3.63, 3.8) is 0 Å². The highest BCUT2D eigenvalue weighted by atomic mass is 32.2. The third kappa shape index (κ3) is 6.68. The van der Waals surface area contributed by atoms with Crippen LogP contribution in [0.2, 0.25) is 0 Å². The molecule has 2 N–H and O–H groups in total. The number of methoxy groups -OCH3 is 1. The molecule has 1 aliphatic heterocycles. The molecule has 0 atom stereocenters. The molecular formula is C20H30N2O7S. The molecule has 1 saturated heterocycles. The molecule has 0 aromatic heterocycles. The van der Waals surface area contributed by atoms with Crippen LogP contribution in [0.5, 0.6) is 5.75 Å². The first-order valence-electron chi connectivity index (χ1n) is 10.1. The van der Waals surface area contributed by atoms with Crippen molar-refractivity contribution in [3.8, 4) is 5.75 Å². The first-order chi connectivity index (χ1) is 14.3. The van der Waals surface area contributed by atoms with Gasteiger partial charge in [-0.15, -0.1) is 0 Å². The van der Waals surface area contributed by atoms with Crippen LogP contribution < -0.4 is 4.74 Å². The smallest absolute Gasteiger partial charge is 0.414 e. The Hall–Kier alpha value is -2.17. The minimum absolute atomic E-state index is 0.353. The third-order valence-electron chi connectivity index (χ3n) is 5.49. The summed E-state index contributed by atoms with van der Waals surface area (Å²) in [6.07, 6.45) is 7.87. The van der Waals surface area contributed by atoms with Gasteiger partial charge in [-0.25, -0.2) is 18.0 Å². The van der Waals surface area contributed by atoms with E-state index >= 15 is 0 Å². The molecule has 0 radical (unpaired) electrons. The van der Waals surface area contributed by atoms with E-state index in [0.717, 1.165) is 13.1 Å². The monoisotopic (exact) mass is 442 g/mol. The molecule has 9 nitrogen and oxygen atoms in total. The summed E-state index contributed by atoms with van der Waals surface area (Å²) < 4.78 is 32.3. The van der Waals surface area contributed by atoms with Crippen LogP contribution in [0.3, 0.4) is 0 Å². The number of piperazine rings is 1. The Labute approximate surface area is 177 Å². The quantitative estimate of drug-likeness (QED) is 0.535. The van der Waals surface area contributed by atoms with Crippen LogP contribution in [0.15, 0.2) is 29.2 Å². The maximum absolute atomic E-state index is 12.8. The van der Waals surface area contributed by atoms with Crippen molar-refractivity contribution in [1.82, 2.24) is 9.21 Å². The van der Waals surface area contributed by atoms with E-state index < -0.39 is 22.0 Å². The van der Waals surface area contributed by atoms with Crippen LogP contribution in [0.25, 0.3) is 0 Å². The molecule has 10 heteroatoms. The molecule has 0 amide bonds. The molecule has 1 aliphatic carbocycles. The predicted molar refractivity (Wildman–Crippen MR) is 110 cm³/mol. The predicted octanol–water partition coefficient (Wildman–Crippen LogP) is 1.88. The lowest BCUT2D eigenvalue weighted by atomic mass is 10.1. The van der Waals surface area contributed by atoms with Crippen molar-refractivity contribution in [2.45, 2.75) is 49.5 Å². The topological polar surface area (TPSA) is 124 Å². The van der Waals surface area contributed by atoms with E-state index in [-0.39, 0.29) is 0 Å². The SMILES string of the molecule is COc1ccc(S(=O)(=O)N2CCN(C3CCCCCC3)CC2)cc1.O=C(O)C(=O)O. The lowest BCUT2D eigenvalue weighted by Crippen LogP contribution is -2.51. The Morgan fingerprint density at radius 2 is 1.40 bits per heavy atom. The van der Waals surface area contributed by atoms with Crippen LogP contribution in [0.1, 0.15) is 38.5 Å². The van der Waals surface area contributed by atoms with Gasteiger partial charge in [-0.1, -0.05) is 25.7 Å². The summed E-state index contributed by atoms with van der Waals surface area (Å²) in [5, 5.41) is 14.8.